The maximum absolute atomic E-state index is 12.2. The summed E-state index contributed by atoms with van der Waals surface area (Å²) < 4.78 is 1.94. The number of anilines is 1. The third-order valence-electron chi connectivity index (χ3n) is 3.54. The Labute approximate surface area is 128 Å². The predicted molar refractivity (Wildman–Crippen MR) is 86.8 cm³/mol. The highest BCUT2D eigenvalue weighted by Crippen LogP contribution is 2.23. The van der Waals surface area contributed by atoms with Gasteiger partial charge >= 0.3 is 0 Å². The Morgan fingerprint density at radius 3 is 2.81 bits per heavy atom. The zero-order chi connectivity index (χ0) is 14.8. The molecule has 0 saturated heterocycles. The molecule has 0 atom stereocenters. The Morgan fingerprint density at radius 1 is 1.14 bits per heavy atom. The molecule has 0 spiro atoms. The third-order valence-corrected chi connectivity index (χ3v) is 3.95. The lowest BCUT2D eigenvalue weighted by atomic mass is 10.2. The monoisotopic (exact) mass is 298 g/mol. The predicted octanol–water partition coefficient (Wildman–Crippen LogP) is 4.24. The van der Waals surface area contributed by atoms with E-state index in [2.05, 4.69) is 5.32 Å². The molecule has 2 aromatic carbocycles. The van der Waals surface area contributed by atoms with Gasteiger partial charge in [-0.1, -0.05) is 35.9 Å². The maximum Gasteiger partial charge on any atom is 0.244 e. The maximum atomic E-state index is 12.2. The minimum Gasteiger partial charge on any atom is -0.338 e. The Kier molecular flexibility index (Phi) is 3.67. The first-order valence-corrected chi connectivity index (χ1v) is 7.12. The van der Waals surface area contributed by atoms with Crippen molar-refractivity contribution in [2.75, 3.05) is 5.32 Å². The van der Waals surface area contributed by atoms with Crippen molar-refractivity contribution in [3.8, 4) is 0 Å². The lowest BCUT2D eigenvalue weighted by Gasteiger charge is -2.10. The quantitative estimate of drug-likeness (QED) is 0.771. The number of benzene rings is 2. The van der Waals surface area contributed by atoms with Crippen molar-refractivity contribution in [2.45, 2.75) is 13.5 Å². The molecule has 21 heavy (non-hydrogen) atoms. The number of carbonyl (C=O) groups excluding carboxylic acids is 1. The molecular formula is C17H15ClN2O. The standard InChI is InChI=1S/C17H15ClN2O/c1-12-14(18)6-4-7-15(12)19-17(21)11-20-10-9-13-5-2-3-8-16(13)20/h2-10H,11H2,1H3,(H,19,21). The first-order valence-electron chi connectivity index (χ1n) is 6.74. The van der Waals surface area contributed by atoms with E-state index in [0.29, 0.717) is 5.02 Å². The van der Waals surface area contributed by atoms with Gasteiger partial charge in [-0.25, -0.2) is 0 Å². The average molecular weight is 299 g/mol. The highest BCUT2D eigenvalue weighted by molar-refractivity contribution is 6.31. The van der Waals surface area contributed by atoms with Gasteiger partial charge in [-0.3, -0.25) is 4.79 Å². The van der Waals surface area contributed by atoms with Crippen LogP contribution in [0.4, 0.5) is 5.69 Å². The van der Waals surface area contributed by atoms with Crippen molar-refractivity contribution in [1.29, 1.82) is 0 Å². The molecule has 0 saturated carbocycles. The second-order valence-electron chi connectivity index (χ2n) is 4.96. The van der Waals surface area contributed by atoms with Crippen LogP contribution in [0.5, 0.6) is 0 Å². The third kappa shape index (κ3) is 2.78. The van der Waals surface area contributed by atoms with Crippen LogP contribution in [-0.4, -0.2) is 10.5 Å². The summed E-state index contributed by atoms with van der Waals surface area (Å²) in [4.78, 5) is 12.2. The van der Waals surface area contributed by atoms with Crippen LogP contribution in [0.2, 0.25) is 5.02 Å². The summed E-state index contributed by atoms with van der Waals surface area (Å²) in [5, 5.41) is 4.69. The fraction of sp³-hybridized carbons (Fsp3) is 0.118. The van der Waals surface area contributed by atoms with Crippen LogP contribution in [0.25, 0.3) is 10.9 Å². The van der Waals surface area contributed by atoms with Crippen LogP contribution < -0.4 is 5.32 Å². The van der Waals surface area contributed by atoms with E-state index in [0.717, 1.165) is 22.2 Å². The van der Waals surface area contributed by atoms with Crippen molar-refractivity contribution >= 4 is 34.1 Å². The number of hydrogen-bond donors (Lipinski definition) is 1. The van der Waals surface area contributed by atoms with Gasteiger partial charge in [0, 0.05) is 22.4 Å². The molecule has 0 bridgehead atoms. The molecule has 0 unspecified atom stereocenters. The Hall–Kier alpha value is -2.26. The first-order chi connectivity index (χ1) is 10.1. The summed E-state index contributed by atoms with van der Waals surface area (Å²) in [5.41, 5.74) is 2.68. The number of nitrogens with zero attached hydrogens (tertiary/aromatic N) is 1. The van der Waals surface area contributed by atoms with E-state index >= 15 is 0 Å². The van der Waals surface area contributed by atoms with E-state index in [-0.39, 0.29) is 12.5 Å². The van der Waals surface area contributed by atoms with Crippen molar-refractivity contribution in [3.05, 3.63) is 65.3 Å². The topological polar surface area (TPSA) is 34.0 Å². The summed E-state index contributed by atoms with van der Waals surface area (Å²) in [7, 11) is 0. The highest BCUT2D eigenvalue weighted by atomic mass is 35.5. The zero-order valence-electron chi connectivity index (χ0n) is 11.6. The number of aromatic nitrogens is 1. The highest BCUT2D eigenvalue weighted by Gasteiger charge is 2.08. The van der Waals surface area contributed by atoms with Gasteiger partial charge in [-0.05, 0) is 42.1 Å². The molecule has 4 heteroatoms. The van der Waals surface area contributed by atoms with Gasteiger partial charge in [-0.15, -0.1) is 0 Å². The molecule has 1 N–H and O–H groups in total. The molecule has 106 valence electrons. The van der Waals surface area contributed by atoms with E-state index in [9.17, 15) is 4.79 Å². The number of para-hydroxylation sites is 1. The van der Waals surface area contributed by atoms with Crippen molar-refractivity contribution < 1.29 is 4.79 Å². The Morgan fingerprint density at radius 2 is 1.95 bits per heavy atom. The molecule has 1 aromatic heterocycles. The lowest BCUT2D eigenvalue weighted by Crippen LogP contribution is -2.18. The number of amides is 1. The number of nitrogens with one attached hydrogen (secondary N) is 1. The molecule has 0 aliphatic carbocycles. The van der Waals surface area contributed by atoms with Gasteiger partial charge in [0.05, 0.1) is 0 Å². The van der Waals surface area contributed by atoms with Gasteiger partial charge in [0.2, 0.25) is 5.91 Å². The van der Waals surface area contributed by atoms with Gasteiger partial charge < -0.3 is 9.88 Å². The smallest absolute Gasteiger partial charge is 0.244 e. The van der Waals surface area contributed by atoms with E-state index in [1.807, 2.05) is 66.2 Å². The average Bonchev–Trinajstić information content (AvgIpc) is 2.87. The van der Waals surface area contributed by atoms with Crippen LogP contribution in [-0.2, 0) is 11.3 Å². The lowest BCUT2D eigenvalue weighted by molar-refractivity contribution is -0.116. The van der Waals surface area contributed by atoms with E-state index in [4.69, 9.17) is 11.6 Å². The molecule has 1 amide bonds. The molecule has 0 aliphatic rings. The van der Waals surface area contributed by atoms with Gasteiger partial charge in [0.1, 0.15) is 6.54 Å². The van der Waals surface area contributed by atoms with Crippen molar-refractivity contribution in [1.82, 2.24) is 4.57 Å². The van der Waals surface area contributed by atoms with Crippen LogP contribution in [0.1, 0.15) is 5.56 Å². The second kappa shape index (κ2) is 5.62. The molecule has 0 aliphatic heterocycles. The van der Waals surface area contributed by atoms with Crippen LogP contribution in [0, 0.1) is 6.92 Å². The SMILES string of the molecule is Cc1c(Cl)cccc1NC(=O)Cn1ccc2ccccc21. The van der Waals surface area contributed by atoms with E-state index in [1.165, 1.54) is 0 Å². The molecular weight excluding hydrogens is 284 g/mol. The van der Waals surface area contributed by atoms with Gasteiger partial charge in [0.25, 0.3) is 0 Å². The number of hydrogen-bond acceptors (Lipinski definition) is 1. The number of fused-ring (bicyclic) bond motifs is 1. The summed E-state index contributed by atoms with van der Waals surface area (Å²) in [6, 6.07) is 15.5. The Balaban J connectivity index is 1.79. The summed E-state index contributed by atoms with van der Waals surface area (Å²) in [6.45, 7) is 2.17. The number of rotatable bonds is 3. The molecule has 0 fully saturated rings. The van der Waals surface area contributed by atoms with Crippen LogP contribution in [0.15, 0.2) is 54.7 Å². The summed E-state index contributed by atoms with van der Waals surface area (Å²) >= 11 is 6.06. The van der Waals surface area contributed by atoms with Crippen molar-refractivity contribution in [3.63, 3.8) is 0 Å². The fourth-order valence-electron chi connectivity index (χ4n) is 2.37. The normalized spacial score (nSPS) is 10.8. The minimum absolute atomic E-state index is 0.0679. The summed E-state index contributed by atoms with van der Waals surface area (Å²) in [6.07, 6.45) is 1.93. The number of halogens is 1. The molecule has 0 radical (unpaired) electrons. The van der Waals surface area contributed by atoms with Gasteiger partial charge in [0.15, 0.2) is 0 Å². The Bertz CT molecular complexity index is 807. The van der Waals surface area contributed by atoms with E-state index in [1.54, 1.807) is 0 Å². The second-order valence-corrected chi connectivity index (χ2v) is 5.37. The van der Waals surface area contributed by atoms with Crippen molar-refractivity contribution in [2.24, 2.45) is 0 Å². The molecule has 3 aromatic rings. The zero-order valence-corrected chi connectivity index (χ0v) is 12.4. The fourth-order valence-corrected chi connectivity index (χ4v) is 2.54. The number of carbonyl (C=O) groups is 1. The molecule has 1 heterocycles. The molecule has 3 nitrogen and oxygen atoms in total. The van der Waals surface area contributed by atoms with Crippen LogP contribution in [0.3, 0.4) is 0 Å². The van der Waals surface area contributed by atoms with Crippen LogP contribution >= 0.6 is 11.6 Å². The van der Waals surface area contributed by atoms with Gasteiger partial charge in [-0.2, -0.15) is 0 Å². The largest absolute Gasteiger partial charge is 0.338 e. The summed E-state index contributed by atoms with van der Waals surface area (Å²) in [5.74, 6) is -0.0679. The van der Waals surface area contributed by atoms with E-state index < -0.39 is 0 Å². The first kappa shape index (κ1) is 13.7. The minimum atomic E-state index is -0.0679. The molecule has 3 rings (SSSR count).